The first-order valence-electron chi connectivity index (χ1n) is 11.6. The highest BCUT2D eigenvalue weighted by atomic mass is 35.5. The van der Waals surface area contributed by atoms with Gasteiger partial charge < -0.3 is 9.47 Å². The van der Waals surface area contributed by atoms with Crippen LogP contribution in [0.2, 0.25) is 5.02 Å². The molecule has 2 aromatic carbocycles. The summed E-state index contributed by atoms with van der Waals surface area (Å²) in [5, 5.41) is 17.7. The van der Waals surface area contributed by atoms with Crippen LogP contribution in [-0.2, 0) is 9.53 Å². The van der Waals surface area contributed by atoms with Crippen LogP contribution in [0, 0.1) is 10.8 Å². The maximum absolute atomic E-state index is 11.5. The number of nitrogens with one attached hydrogen (secondary N) is 2. The molecule has 1 aliphatic rings. The number of benzodiazepines with no additional fused rings is 1. The van der Waals surface area contributed by atoms with E-state index in [2.05, 4.69) is 0 Å². The van der Waals surface area contributed by atoms with Gasteiger partial charge in [-0.05, 0) is 63.4 Å². The third-order valence-corrected chi connectivity index (χ3v) is 5.75. The molecule has 180 valence electrons. The maximum atomic E-state index is 11.5. The van der Waals surface area contributed by atoms with E-state index in [-0.39, 0.29) is 23.7 Å². The number of hydrogen-bond acceptors (Lipinski definition) is 6. The summed E-state index contributed by atoms with van der Waals surface area (Å²) in [6, 6.07) is 12.7. The molecule has 0 unspecified atom stereocenters. The Kier molecular flexibility index (Phi) is 8.82. The minimum Gasteiger partial charge on any atom is -0.494 e. The molecule has 2 N–H and O–H groups in total. The number of benzene rings is 2. The number of rotatable bonds is 9. The number of nitrogens with zero attached hydrogens (tertiary/aromatic N) is 2. The van der Waals surface area contributed by atoms with E-state index in [9.17, 15) is 4.79 Å². The number of amidine groups is 2. The number of anilines is 1. The van der Waals surface area contributed by atoms with Crippen molar-refractivity contribution in [2.45, 2.75) is 52.5 Å². The number of carbonyl (C=O) groups excluding carboxylic acids is 1. The normalized spacial score (nSPS) is 15.3. The summed E-state index contributed by atoms with van der Waals surface area (Å²) >= 11 is 6.11. The van der Waals surface area contributed by atoms with Crippen molar-refractivity contribution in [1.29, 1.82) is 10.8 Å². The van der Waals surface area contributed by atoms with Crippen molar-refractivity contribution >= 4 is 40.6 Å². The minimum atomic E-state index is -0.384. The van der Waals surface area contributed by atoms with Gasteiger partial charge in [-0.25, -0.2) is 0 Å². The predicted molar refractivity (Wildman–Crippen MR) is 137 cm³/mol. The number of hydrogen-bond donors (Lipinski definition) is 2. The molecule has 1 aliphatic heterocycles. The van der Waals surface area contributed by atoms with Crippen LogP contribution in [0.15, 0.2) is 47.5 Å². The van der Waals surface area contributed by atoms with Crippen LogP contribution >= 0.6 is 11.6 Å². The van der Waals surface area contributed by atoms with Crippen LogP contribution in [0.25, 0.3) is 0 Å². The van der Waals surface area contributed by atoms with Gasteiger partial charge in [0.05, 0.1) is 24.6 Å². The van der Waals surface area contributed by atoms with Crippen molar-refractivity contribution in [1.82, 2.24) is 0 Å². The van der Waals surface area contributed by atoms with Crippen LogP contribution in [-0.4, -0.2) is 42.6 Å². The van der Waals surface area contributed by atoms with Crippen LogP contribution in [0.4, 0.5) is 5.69 Å². The third kappa shape index (κ3) is 6.03. The second-order valence-corrected chi connectivity index (χ2v) is 8.44. The minimum absolute atomic E-state index is 0.189. The van der Waals surface area contributed by atoms with Crippen molar-refractivity contribution in [3.63, 3.8) is 0 Å². The van der Waals surface area contributed by atoms with Crippen molar-refractivity contribution in [2.24, 2.45) is 4.99 Å². The lowest BCUT2D eigenvalue weighted by Crippen LogP contribution is -2.40. The number of halogens is 1. The van der Waals surface area contributed by atoms with Gasteiger partial charge in [0.25, 0.3) is 0 Å². The number of fused-ring (bicyclic) bond motifs is 1. The third-order valence-electron chi connectivity index (χ3n) is 5.49. The molecule has 8 heteroatoms. The molecular formula is C26H31ClN4O3. The molecule has 3 rings (SSSR count). The van der Waals surface area contributed by atoms with Gasteiger partial charge in [-0.3, -0.25) is 25.5 Å². The Morgan fingerprint density at radius 2 is 1.88 bits per heavy atom. The molecule has 7 nitrogen and oxygen atoms in total. The molecule has 0 bridgehead atoms. The van der Waals surface area contributed by atoms with Crippen molar-refractivity contribution in [3.05, 3.63) is 58.6 Å². The lowest BCUT2D eigenvalue weighted by molar-refractivity contribution is -0.143. The van der Waals surface area contributed by atoms with Crippen LogP contribution < -0.4 is 9.64 Å². The standard InChI is InChI=1S/C26H31ClN4O3/c1-4-22-26(29)31(17(3)28)23-14-13-20(34-15-7-6-8-24(32)33-5-2)16-21(23)25(30-22)18-9-11-19(27)12-10-18/h9-14,16,22,28-29H,4-8,15H2,1-3H3/t22-/m0/s1. The van der Waals surface area contributed by atoms with E-state index in [0.717, 1.165) is 28.9 Å². The Morgan fingerprint density at radius 1 is 1.15 bits per heavy atom. The van der Waals surface area contributed by atoms with Crippen LogP contribution in [0.3, 0.4) is 0 Å². The zero-order chi connectivity index (χ0) is 24.7. The highest BCUT2D eigenvalue weighted by Crippen LogP contribution is 2.33. The fourth-order valence-corrected chi connectivity index (χ4v) is 3.96. The van der Waals surface area contributed by atoms with Crippen molar-refractivity contribution < 1.29 is 14.3 Å². The summed E-state index contributed by atoms with van der Waals surface area (Å²) in [4.78, 5) is 18.1. The summed E-state index contributed by atoms with van der Waals surface area (Å²) in [6.45, 7) is 6.32. The Hall–Kier alpha value is -3.19. The Morgan fingerprint density at radius 3 is 2.53 bits per heavy atom. The summed E-state index contributed by atoms with van der Waals surface area (Å²) < 4.78 is 10.9. The molecule has 0 amide bonds. The van der Waals surface area contributed by atoms with E-state index in [1.807, 2.05) is 49.4 Å². The molecule has 0 aromatic heterocycles. The SMILES string of the molecule is CCOC(=O)CCCCOc1ccc2c(c1)C(c1ccc(Cl)cc1)=N[C@@H](CC)C(=N)N2C(C)=N. The summed E-state index contributed by atoms with van der Waals surface area (Å²) in [5.41, 5.74) is 3.13. The van der Waals surface area contributed by atoms with Gasteiger partial charge in [-0.1, -0.05) is 30.7 Å². The number of carbonyl (C=O) groups is 1. The molecule has 0 aliphatic carbocycles. The first-order chi connectivity index (χ1) is 16.3. The number of aliphatic imine (C=N–C) groups is 1. The Labute approximate surface area is 205 Å². The molecule has 1 atom stereocenters. The number of esters is 1. The maximum Gasteiger partial charge on any atom is 0.305 e. The van der Waals surface area contributed by atoms with E-state index in [1.54, 1.807) is 18.7 Å². The highest BCUT2D eigenvalue weighted by molar-refractivity contribution is 6.31. The monoisotopic (exact) mass is 482 g/mol. The number of ether oxygens (including phenoxy) is 2. The summed E-state index contributed by atoms with van der Waals surface area (Å²) in [7, 11) is 0. The van der Waals surface area contributed by atoms with E-state index < -0.39 is 0 Å². The first-order valence-corrected chi connectivity index (χ1v) is 11.9. The van der Waals surface area contributed by atoms with Gasteiger partial charge in [0, 0.05) is 22.6 Å². The zero-order valence-electron chi connectivity index (χ0n) is 19.9. The fourth-order valence-electron chi connectivity index (χ4n) is 3.83. The van der Waals surface area contributed by atoms with E-state index in [1.165, 1.54) is 0 Å². The summed E-state index contributed by atoms with van der Waals surface area (Å²) in [5.74, 6) is 1.00. The molecule has 0 fully saturated rings. The van der Waals surface area contributed by atoms with Gasteiger partial charge in [0.2, 0.25) is 0 Å². The first kappa shape index (κ1) is 25.4. The second kappa shape index (κ2) is 11.8. The predicted octanol–water partition coefficient (Wildman–Crippen LogP) is 5.86. The van der Waals surface area contributed by atoms with E-state index in [0.29, 0.717) is 43.2 Å². The molecular weight excluding hydrogens is 452 g/mol. The van der Waals surface area contributed by atoms with E-state index in [4.69, 9.17) is 36.9 Å². The topological polar surface area (TPSA) is 98.8 Å². The van der Waals surface area contributed by atoms with Gasteiger partial charge in [0.15, 0.2) is 0 Å². The summed E-state index contributed by atoms with van der Waals surface area (Å²) in [6.07, 6.45) is 2.43. The van der Waals surface area contributed by atoms with Gasteiger partial charge >= 0.3 is 5.97 Å². The van der Waals surface area contributed by atoms with Gasteiger partial charge in [-0.2, -0.15) is 0 Å². The average molecular weight is 483 g/mol. The average Bonchev–Trinajstić information content (AvgIpc) is 2.93. The van der Waals surface area contributed by atoms with Gasteiger partial charge in [-0.15, -0.1) is 0 Å². The van der Waals surface area contributed by atoms with Gasteiger partial charge in [0.1, 0.15) is 23.5 Å². The Balaban J connectivity index is 1.92. The molecule has 0 spiro atoms. The molecule has 0 saturated carbocycles. The Bertz CT molecular complexity index is 1080. The van der Waals surface area contributed by atoms with Crippen molar-refractivity contribution in [3.8, 4) is 5.75 Å². The molecule has 1 heterocycles. The molecule has 0 saturated heterocycles. The molecule has 0 radical (unpaired) electrons. The fraction of sp³-hybridized carbons (Fsp3) is 0.385. The number of unbranched alkanes of at least 4 members (excludes halogenated alkanes) is 1. The molecule has 2 aromatic rings. The quantitative estimate of drug-likeness (QED) is 0.202. The lowest BCUT2D eigenvalue weighted by atomic mass is 9.99. The second-order valence-electron chi connectivity index (χ2n) is 8.00. The van der Waals surface area contributed by atoms with Crippen LogP contribution in [0.1, 0.15) is 57.6 Å². The van der Waals surface area contributed by atoms with Crippen molar-refractivity contribution in [2.75, 3.05) is 18.1 Å². The lowest BCUT2D eigenvalue weighted by Gasteiger charge is -2.26. The van der Waals surface area contributed by atoms with E-state index >= 15 is 0 Å². The smallest absolute Gasteiger partial charge is 0.305 e. The molecule has 34 heavy (non-hydrogen) atoms. The zero-order valence-corrected chi connectivity index (χ0v) is 20.6. The largest absolute Gasteiger partial charge is 0.494 e. The van der Waals surface area contributed by atoms with Crippen LogP contribution in [0.5, 0.6) is 5.75 Å². The highest BCUT2D eigenvalue weighted by Gasteiger charge is 2.30.